The number of ether oxygens (including phenoxy) is 1. The quantitative estimate of drug-likeness (QED) is 0.675. The summed E-state index contributed by atoms with van der Waals surface area (Å²) in [6, 6.07) is 0. The van der Waals surface area contributed by atoms with Gasteiger partial charge in [0.05, 0.1) is 12.7 Å². The Morgan fingerprint density at radius 2 is 2.00 bits per heavy atom. The molecule has 3 heteroatoms. The molecule has 0 aliphatic heterocycles. The van der Waals surface area contributed by atoms with Crippen LogP contribution < -0.4 is 0 Å². The van der Waals surface area contributed by atoms with Gasteiger partial charge in [0.1, 0.15) is 0 Å². The smallest absolute Gasteiger partial charge is 0.0715 e. The summed E-state index contributed by atoms with van der Waals surface area (Å²) in [5.74, 6) is 0.838. The Labute approximate surface area is 99.8 Å². The van der Waals surface area contributed by atoms with Crippen molar-refractivity contribution in [2.24, 2.45) is 11.3 Å². The molecular formula is C13H27NO2. The fourth-order valence-electron chi connectivity index (χ4n) is 1.42. The summed E-state index contributed by atoms with van der Waals surface area (Å²) < 4.78 is 5.57. The van der Waals surface area contributed by atoms with E-state index in [-0.39, 0.29) is 11.5 Å². The number of hydrogen-bond acceptors (Lipinski definition) is 3. The van der Waals surface area contributed by atoms with E-state index in [0.29, 0.717) is 0 Å². The molecule has 0 aromatic rings. The van der Waals surface area contributed by atoms with Gasteiger partial charge in [0.2, 0.25) is 0 Å². The summed E-state index contributed by atoms with van der Waals surface area (Å²) in [6.45, 7) is 9.52. The lowest BCUT2D eigenvalue weighted by Gasteiger charge is -2.29. The second-order valence-corrected chi connectivity index (χ2v) is 6.16. The number of aliphatic hydroxyl groups excluding tert-OH is 1. The first kappa shape index (κ1) is 13.9. The van der Waals surface area contributed by atoms with Crippen LogP contribution in [0.15, 0.2) is 0 Å². The molecule has 96 valence electrons. The number of aliphatic hydroxyl groups is 1. The van der Waals surface area contributed by atoms with Crippen LogP contribution in [0.2, 0.25) is 0 Å². The topological polar surface area (TPSA) is 32.7 Å². The highest BCUT2D eigenvalue weighted by molar-refractivity contribution is 4.75. The normalized spacial score (nSPS) is 19.1. The fourth-order valence-corrected chi connectivity index (χ4v) is 1.42. The van der Waals surface area contributed by atoms with Crippen LogP contribution in [-0.2, 0) is 4.74 Å². The molecule has 3 nitrogen and oxygen atoms in total. The molecule has 0 aromatic heterocycles. The largest absolute Gasteiger partial charge is 0.391 e. The summed E-state index contributed by atoms with van der Waals surface area (Å²) in [4.78, 5) is 2.14. The van der Waals surface area contributed by atoms with E-state index < -0.39 is 0 Å². The summed E-state index contributed by atoms with van der Waals surface area (Å²) in [5, 5.41) is 9.93. The van der Waals surface area contributed by atoms with Crippen LogP contribution in [-0.4, -0.2) is 49.5 Å². The van der Waals surface area contributed by atoms with Gasteiger partial charge in [0, 0.05) is 19.7 Å². The maximum Gasteiger partial charge on any atom is 0.0715 e. The van der Waals surface area contributed by atoms with E-state index in [1.54, 1.807) is 0 Å². The standard InChI is InChI=1S/C13H27NO2/c1-13(2,3)12(15)9-14(4)7-8-16-10-11-5-6-11/h11-12,15H,5-10H2,1-4H3. The maximum atomic E-state index is 9.93. The Bertz CT molecular complexity index is 197. The van der Waals surface area contributed by atoms with Crippen LogP contribution >= 0.6 is 0 Å². The Kier molecular flexibility index (Phi) is 5.22. The molecule has 1 saturated carbocycles. The summed E-state index contributed by atoms with van der Waals surface area (Å²) in [5.41, 5.74) is -0.0386. The van der Waals surface area contributed by atoms with Gasteiger partial charge in [-0.3, -0.25) is 0 Å². The molecule has 0 bridgehead atoms. The van der Waals surface area contributed by atoms with Gasteiger partial charge < -0.3 is 14.7 Å². The van der Waals surface area contributed by atoms with Crippen molar-refractivity contribution in [3.63, 3.8) is 0 Å². The van der Waals surface area contributed by atoms with Gasteiger partial charge in [-0.2, -0.15) is 0 Å². The van der Waals surface area contributed by atoms with Gasteiger partial charge in [-0.05, 0) is 31.2 Å². The third-order valence-electron chi connectivity index (χ3n) is 3.15. The third-order valence-corrected chi connectivity index (χ3v) is 3.15. The van der Waals surface area contributed by atoms with E-state index >= 15 is 0 Å². The molecule has 1 rings (SSSR count). The van der Waals surface area contributed by atoms with Crippen LogP contribution in [0, 0.1) is 11.3 Å². The first-order valence-electron chi connectivity index (χ1n) is 6.34. The predicted molar refractivity (Wildman–Crippen MR) is 66.5 cm³/mol. The van der Waals surface area contributed by atoms with Crippen LogP contribution in [0.3, 0.4) is 0 Å². The average Bonchev–Trinajstić information content (AvgIpc) is 2.94. The van der Waals surface area contributed by atoms with Crippen molar-refractivity contribution in [1.82, 2.24) is 4.90 Å². The van der Waals surface area contributed by atoms with Gasteiger partial charge >= 0.3 is 0 Å². The second kappa shape index (κ2) is 5.99. The lowest BCUT2D eigenvalue weighted by Crippen LogP contribution is -2.38. The van der Waals surface area contributed by atoms with Crippen LogP contribution in [0.5, 0.6) is 0 Å². The van der Waals surface area contributed by atoms with Gasteiger partial charge in [0.25, 0.3) is 0 Å². The van der Waals surface area contributed by atoms with E-state index in [0.717, 1.165) is 32.2 Å². The molecule has 1 N–H and O–H groups in total. The molecule has 0 spiro atoms. The highest BCUT2D eigenvalue weighted by Gasteiger charge is 2.23. The molecule has 1 fully saturated rings. The zero-order chi connectivity index (χ0) is 12.2. The Balaban J connectivity index is 2.02. The third kappa shape index (κ3) is 5.83. The molecule has 1 aliphatic rings. The minimum Gasteiger partial charge on any atom is -0.391 e. The first-order valence-corrected chi connectivity index (χ1v) is 6.34. The van der Waals surface area contributed by atoms with Gasteiger partial charge in [-0.1, -0.05) is 20.8 Å². The number of nitrogens with zero attached hydrogens (tertiary/aromatic N) is 1. The van der Waals surface area contributed by atoms with Gasteiger partial charge in [-0.15, -0.1) is 0 Å². The highest BCUT2D eigenvalue weighted by atomic mass is 16.5. The molecule has 0 saturated heterocycles. The minimum atomic E-state index is -0.277. The fraction of sp³-hybridized carbons (Fsp3) is 1.00. The van der Waals surface area contributed by atoms with E-state index in [1.807, 2.05) is 7.05 Å². The average molecular weight is 229 g/mol. The van der Waals surface area contributed by atoms with Crippen molar-refractivity contribution in [2.75, 3.05) is 33.4 Å². The van der Waals surface area contributed by atoms with Crippen molar-refractivity contribution < 1.29 is 9.84 Å². The van der Waals surface area contributed by atoms with Crippen molar-refractivity contribution in [1.29, 1.82) is 0 Å². The molecular weight excluding hydrogens is 202 g/mol. The monoisotopic (exact) mass is 229 g/mol. The SMILES string of the molecule is CN(CCOCC1CC1)CC(O)C(C)(C)C. The van der Waals surface area contributed by atoms with Crippen molar-refractivity contribution in [2.45, 2.75) is 39.7 Å². The lowest BCUT2D eigenvalue weighted by molar-refractivity contribution is 0.0251. The number of likely N-dealkylation sites (N-methyl/N-ethyl adjacent to an activating group) is 1. The maximum absolute atomic E-state index is 9.93. The highest BCUT2D eigenvalue weighted by Crippen LogP contribution is 2.28. The lowest BCUT2D eigenvalue weighted by atomic mass is 9.89. The van der Waals surface area contributed by atoms with E-state index in [9.17, 15) is 5.11 Å². The number of hydrogen-bond donors (Lipinski definition) is 1. The summed E-state index contributed by atoms with van der Waals surface area (Å²) in [6.07, 6.45) is 2.41. The second-order valence-electron chi connectivity index (χ2n) is 6.16. The molecule has 0 aromatic carbocycles. The Morgan fingerprint density at radius 3 is 2.50 bits per heavy atom. The molecule has 1 unspecified atom stereocenters. The summed E-state index contributed by atoms with van der Waals surface area (Å²) >= 11 is 0. The first-order chi connectivity index (χ1) is 7.39. The predicted octanol–water partition coefficient (Wildman–Crippen LogP) is 1.75. The molecule has 0 amide bonds. The van der Waals surface area contributed by atoms with Crippen molar-refractivity contribution >= 4 is 0 Å². The van der Waals surface area contributed by atoms with Gasteiger partial charge in [0.15, 0.2) is 0 Å². The Morgan fingerprint density at radius 1 is 1.38 bits per heavy atom. The van der Waals surface area contributed by atoms with Crippen molar-refractivity contribution in [3.05, 3.63) is 0 Å². The molecule has 1 atom stereocenters. The zero-order valence-electron chi connectivity index (χ0n) is 11.2. The minimum absolute atomic E-state index is 0.0386. The van der Waals surface area contributed by atoms with E-state index in [1.165, 1.54) is 12.8 Å². The number of rotatable bonds is 7. The van der Waals surface area contributed by atoms with Crippen LogP contribution in [0.25, 0.3) is 0 Å². The zero-order valence-corrected chi connectivity index (χ0v) is 11.2. The molecule has 1 aliphatic carbocycles. The van der Waals surface area contributed by atoms with Crippen LogP contribution in [0.4, 0.5) is 0 Å². The molecule has 0 heterocycles. The molecule has 0 radical (unpaired) electrons. The van der Waals surface area contributed by atoms with E-state index in [4.69, 9.17) is 4.74 Å². The van der Waals surface area contributed by atoms with E-state index in [2.05, 4.69) is 25.7 Å². The Hall–Kier alpha value is -0.120. The van der Waals surface area contributed by atoms with Gasteiger partial charge in [-0.25, -0.2) is 0 Å². The molecule has 16 heavy (non-hydrogen) atoms. The van der Waals surface area contributed by atoms with Crippen LogP contribution in [0.1, 0.15) is 33.6 Å². The summed E-state index contributed by atoms with van der Waals surface area (Å²) in [7, 11) is 2.04. The van der Waals surface area contributed by atoms with Crippen molar-refractivity contribution in [3.8, 4) is 0 Å².